The van der Waals surface area contributed by atoms with Crippen LogP contribution in [-0.2, 0) is 4.79 Å². The maximum atomic E-state index is 12.9. The fourth-order valence-electron chi connectivity index (χ4n) is 0.977. The molecule has 0 spiro atoms. The summed E-state index contributed by atoms with van der Waals surface area (Å²) in [6.45, 7) is 1.45. The molecule has 1 unspecified atom stereocenters. The molecule has 0 bridgehead atoms. The first kappa shape index (κ1) is 10.7. The largest absolute Gasteiger partial charge is 0.298 e. The van der Waals surface area contributed by atoms with E-state index in [0.717, 1.165) is 0 Å². The summed E-state index contributed by atoms with van der Waals surface area (Å²) < 4.78 is 12.9. The number of alkyl halides is 1. The zero-order chi connectivity index (χ0) is 10.0. The number of carbonyl (C=O) groups is 1. The lowest BCUT2D eigenvalue weighted by atomic mass is 10.1. The molecular formula is C9H8BrFOS. The maximum absolute atomic E-state index is 12.9. The lowest BCUT2D eigenvalue weighted by molar-refractivity contribution is -0.116. The molecule has 0 heterocycles. The molecule has 1 aromatic carbocycles. The fraction of sp³-hybridized carbons (Fsp3) is 0.222. The zero-order valence-corrected chi connectivity index (χ0v) is 9.40. The molecule has 1 atom stereocenters. The molecule has 0 radical (unpaired) electrons. The first-order valence-electron chi connectivity index (χ1n) is 3.64. The molecule has 0 fully saturated rings. The molecule has 1 rings (SSSR count). The van der Waals surface area contributed by atoms with E-state index >= 15 is 0 Å². The third-order valence-electron chi connectivity index (χ3n) is 1.55. The average molecular weight is 263 g/mol. The molecule has 0 aliphatic rings. The van der Waals surface area contributed by atoms with Crippen LogP contribution in [0.15, 0.2) is 23.1 Å². The summed E-state index contributed by atoms with van der Waals surface area (Å²) >= 11 is 7.18. The second kappa shape index (κ2) is 4.24. The van der Waals surface area contributed by atoms with Crippen molar-refractivity contribution >= 4 is 34.3 Å². The Labute approximate surface area is 89.9 Å². The van der Waals surface area contributed by atoms with Gasteiger partial charge in [0.25, 0.3) is 0 Å². The van der Waals surface area contributed by atoms with Crippen molar-refractivity contribution in [2.45, 2.75) is 16.6 Å². The SMILES string of the molecule is CC(=O)C(Br)c1cc(F)cc(S)c1. The second-order valence-corrected chi connectivity index (χ2v) is 4.15. The monoisotopic (exact) mass is 262 g/mol. The molecule has 0 amide bonds. The van der Waals surface area contributed by atoms with Crippen LogP contribution in [0.4, 0.5) is 4.39 Å². The van der Waals surface area contributed by atoms with Gasteiger partial charge in [-0.15, -0.1) is 12.6 Å². The van der Waals surface area contributed by atoms with Crippen molar-refractivity contribution in [1.29, 1.82) is 0 Å². The number of halogens is 2. The van der Waals surface area contributed by atoms with Crippen molar-refractivity contribution in [3.8, 4) is 0 Å². The van der Waals surface area contributed by atoms with Crippen LogP contribution < -0.4 is 0 Å². The van der Waals surface area contributed by atoms with Gasteiger partial charge in [0.05, 0.1) is 4.83 Å². The van der Waals surface area contributed by atoms with Gasteiger partial charge < -0.3 is 0 Å². The highest BCUT2D eigenvalue weighted by molar-refractivity contribution is 9.09. The van der Waals surface area contributed by atoms with Gasteiger partial charge in [-0.25, -0.2) is 4.39 Å². The molecule has 70 valence electrons. The van der Waals surface area contributed by atoms with E-state index in [4.69, 9.17) is 0 Å². The Morgan fingerprint density at radius 1 is 1.54 bits per heavy atom. The minimum atomic E-state index is -0.450. The van der Waals surface area contributed by atoms with Crippen LogP contribution in [0.2, 0.25) is 0 Å². The van der Waals surface area contributed by atoms with Crippen LogP contribution >= 0.6 is 28.6 Å². The number of thiol groups is 1. The summed E-state index contributed by atoms with van der Waals surface area (Å²) in [7, 11) is 0. The Bertz CT molecular complexity index is 320. The molecule has 0 N–H and O–H groups in total. The smallest absolute Gasteiger partial charge is 0.147 e. The van der Waals surface area contributed by atoms with Gasteiger partial charge in [-0.3, -0.25) is 4.79 Å². The summed E-state index contributed by atoms with van der Waals surface area (Å²) in [4.78, 5) is 11.0. The summed E-state index contributed by atoms with van der Waals surface area (Å²) in [6, 6.07) is 4.28. The predicted molar refractivity (Wildman–Crippen MR) is 56.0 cm³/mol. The van der Waals surface area contributed by atoms with E-state index in [1.807, 2.05) is 0 Å². The highest BCUT2D eigenvalue weighted by atomic mass is 79.9. The number of benzene rings is 1. The Morgan fingerprint density at radius 3 is 2.62 bits per heavy atom. The Hall–Kier alpha value is -0.350. The summed E-state index contributed by atoms with van der Waals surface area (Å²) in [5.74, 6) is -0.438. The van der Waals surface area contributed by atoms with E-state index in [-0.39, 0.29) is 11.6 Å². The molecule has 0 saturated carbocycles. The molecular weight excluding hydrogens is 255 g/mol. The van der Waals surface area contributed by atoms with Crippen molar-refractivity contribution in [3.05, 3.63) is 29.6 Å². The van der Waals surface area contributed by atoms with Crippen molar-refractivity contribution in [1.82, 2.24) is 0 Å². The minimum absolute atomic E-state index is 0.0571. The summed E-state index contributed by atoms with van der Waals surface area (Å²) in [5, 5.41) is 0. The molecule has 0 saturated heterocycles. The molecule has 1 nitrogen and oxygen atoms in total. The van der Waals surface area contributed by atoms with E-state index < -0.39 is 4.83 Å². The van der Waals surface area contributed by atoms with E-state index in [0.29, 0.717) is 10.5 Å². The number of ketones is 1. The molecule has 1 aromatic rings. The van der Waals surface area contributed by atoms with Gasteiger partial charge in [0.2, 0.25) is 0 Å². The molecule has 0 aliphatic heterocycles. The van der Waals surface area contributed by atoms with Gasteiger partial charge in [0, 0.05) is 4.90 Å². The van der Waals surface area contributed by atoms with Crippen LogP contribution in [0.1, 0.15) is 17.3 Å². The predicted octanol–water partition coefficient (Wildman–Crippen LogP) is 3.14. The van der Waals surface area contributed by atoms with Gasteiger partial charge in [0.1, 0.15) is 11.6 Å². The third kappa shape index (κ3) is 2.81. The maximum Gasteiger partial charge on any atom is 0.147 e. The Balaban J connectivity index is 3.07. The number of rotatable bonds is 2. The molecule has 4 heteroatoms. The molecule has 0 aromatic heterocycles. The number of hydrogen-bond donors (Lipinski definition) is 1. The second-order valence-electron chi connectivity index (χ2n) is 2.72. The standard InChI is InChI=1S/C9H8BrFOS/c1-5(12)9(10)6-2-7(11)4-8(13)3-6/h2-4,9,13H,1H3. The third-order valence-corrected chi connectivity index (χ3v) is 2.99. The van der Waals surface area contributed by atoms with Gasteiger partial charge in [0.15, 0.2) is 0 Å². The van der Waals surface area contributed by atoms with Crippen molar-refractivity contribution in [2.75, 3.05) is 0 Å². The number of hydrogen-bond acceptors (Lipinski definition) is 2. The molecule has 0 aliphatic carbocycles. The normalized spacial score (nSPS) is 12.6. The highest BCUT2D eigenvalue weighted by Crippen LogP contribution is 2.26. The van der Waals surface area contributed by atoms with Crippen molar-refractivity contribution in [2.24, 2.45) is 0 Å². The van der Waals surface area contributed by atoms with Crippen LogP contribution in [0, 0.1) is 5.82 Å². The topological polar surface area (TPSA) is 17.1 Å². The van der Waals surface area contributed by atoms with Crippen LogP contribution in [-0.4, -0.2) is 5.78 Å². The number of carbonyl (C=O) groups excluding carboxylic acids is 1. The first-order valence-corrected chi connectivity index (χ1v) is 5.01. The lowest BCUT2D eigenvalue weighted by Gasteiger charge is -2.06. The average Bonchev–Trinajstić information content (AvgIpc) is 2.01. The van der Waals surface area contributed by atoms with E-state index in [1.54, 1.807) is 6.07 Å². The number of Topliss-reactive ketones (excluding diaryl/α,β-unsaturated/α-hetero) is 1. The van der Waals surface area contributed by atoms with Crippen molar-refractivity contribution < 1.29 is 9.18 Å². The lowest BCUT2D eigenvalue weighted by Crippen LogP contribution is -2.01. The van der Waals surface area contributed by atoms with Crippen LogP contribution in [0.3, 0.4) is 0 Å². The summed E-state index contributed by atoms with van der Waals surface area (Å²) in [5.41, 5.74) is 0.595. The van der Waals surface area contributed by atoms with E-state index in [1.165, 1.54) is 19.1 Å². The van der Waals surface area contributed by atoms with Crippen LogP contribution in [0.25, 0.3) is 0 Å². The Morgan fingerprint density at radius 2 is 2.15 bits per heavy atom. The summed E-state index contributed by atoms with van der Waals surface area (Å²) in [6.07, 6.45) is 0. The quantitative estimate of drug-likeness (QED) is 0.640. The van der Waals surface area contributed by atoms with Crippen molar-refractivity contribution in [3.63, 3.8) is 0 Å². The minimum Gasteiger partial charge on any atom is -0.298 e. The van der Waals surface area contributed by atoms with Gasteiger partial charge in [-0.2, -0.15) is 0 Å². The van der Waals surface area contributed by atoms with E-state index in [9.17, 15) is 9.18 Å². The van der Waals surface area contributed by atoms with Gasteiger partial charge >= 0.3 is 0 Å². The molecule has 13 heavy (non-hydrogen) atoms. The van der Waals surface area contributed by atoms with Gasteiger partial charge in [-0.1, -0.05) is 15.9 Å². The first-order chi connectivity index (χ1) is 6.00. The van der Waals surface area contributed by atoms with E-state index in [2.05, 4.69) is 28.6 Å². The highest BCUT2D eigenvalue weighted by Gasteiger charge is 2.13. The fourth-order valence-corrected chi connectivity index (χ4v) is 1.51. The van der Waals surface area contributed by atoms with Crippen LogP contribution in [0.5, 0.6) is 0 Å². The van der Waals surface area contributed by atoms with Gasteiger partial charge in [-0.05, 0) is 30.7 Å². The zero-order valence-electron chi connectivity index (χ0n) is 6.92. The Kier molecular flexibility index (Phi) is 3.50.